The SMILES string of the molecule is Cn1ncc(Cl)c1C(=O)C1CCC1. The van der Waals surface area contributed by atoms with E-state index in [4.69, 9.17) is 11.6 Å². The fraction of sp³-hybridized carbons (Fsp3) is 0.556. The molecule has 0 saturated heterocycles. The van der Waals surface area contributed by atoms with E-state index in [-0.39, 0.29) is 11.7 Å². The van der Waals surface area contributed by atoms with Crippen molar-refractivity contribution in [3.63, 3.8) is 0 Å². The van der Waals surface area contributed by atoms with Crippen molar-refractivity contribution in [2.24, 2.45) is 13.0 Å². The lowest BCUT2D eigenvalue weighted by molar-refractivity contribution is 0.0845. The molecule has 0 bridgehead atoms. The highest BCUT2D eigenvalue weighted by Gasteiger charge is 2.29. The van der Waals surface area contributed by atoms with Crippen LogP contribution < -0.4 is 0 Å². The van der Waals surface area contributed by atoms with Gasteiger partial charge >= 0.3 is 0 Å². The predicted molar refractivity (Wildman–Crippen MR) is 49.9 cm³/mol. The molecule has 4 heteroatoms. The summed E-state index contributed by atoms with van der Waals surface area (Å²) in [6.45, 7) is 0. The lowest BCUT2D eigenvalue weighted by Crippen LogP contribution is -2.24. The minimum absolute atomic E-state index is 0.149. The van der Waals surface area contributed by atoms with E-state index in [9.17, 15) is 4.79 Å². The van der Waals surface area contributed by atoms with Gasteiger partial charge in [0.25, 0.3) is 0 Å². The summed E-state index contributed by atoms with van der Waals surface area (Å²) in [5.41, 5.74) is 0.561. The minimum atomic E-state index is 0.149. The van der Waals surface area contributed by atoms with Crippen LogP contribution in [0.2, 0.25) is 5.02 Å². The number of nitrogens with zero attached hydrogens (tertiary/aromatic N) is 2. The van der Waals surface area contributed by atoms with Gasteiger partial charge in [-0.25, -0.2) is 0 Å². The molecule has 1 aliphatic carbocycles. The summed E-state index contributed by atoms with van der Waals surface area (Å²) in [7, 11) is 1.75. The molecule has 0 spiro atoms. The van der Waals surface area contributed by atoms with Gasteiger partial charge in [-0.1, -0.05) is 18.0 Å². The van der Waals surface area contributed by atoms with E-state index in [1.807, 2.05) is 0 Å². The third kappa shape index (κ3) is 1.37. The van der Waals surface area contributed by atoms with Crippen LogP contribution in [-0.4, -0.2) is 15.6 Å². The molecule has 1 saturated carbocycles. The number of aromatic nitrogens is 2. The predicted octanol–water partition coefficient (Wildman–Crippen LogP) is 2.06. The molecule has 0 aromatic carbocycles. The second-order valence-electron chi connectivity index (χ2n) is 3.46. The maximum Gasteiger partial charge on any atom is 0.185 e. The van der Waals surface area contributed by atoms with E-state index in [0.29, 0.717) is 10.7 Å². The first kappa shape index (κ1) is 8.75. The highest BCUT2D eigenvalue weighted by Crippen LogP contribution is 2.31. The Bertz CT molecular complexity index is 322. The molecule has 1 aromatic rings. The van der Waals surface area contributed by atoms with E-state index in [1.165, 1.54) is 6.20 Å². The molecular formula is C9H11ClN2O. The van der Waals surface area contributed by atoms with Gasteiger partial charge in [-0.15, -0.1) is 0 Å². The van der Waals surface area contributed by atoms with E-state index in [0.717, 1.165) is 19.3 Å². The number of rotatable bonds is 2. The third-order valence-electron chi connectivity index (χ3n) is 2.60. The molecule has 1 heterocycles. The molecule has 0 unspecified atom stereocenters. The van der Waals surface area contributed by atoms with Crippen molar-refractivity contribution >= 4 is 17.4 Å². The van der Waals surface area contributed by atoms with Crippen LogP contribution in [-0.2, 0) is 7.05 Å². The van der Waals surface area contributed by atoms with Crippen molar-refractivity contribution in [3.8, 4) is 0 Å². The van der Waals surface area contributed by atoms with Gasteiger partial charge in [0, 0.05) is 13.0 Å². The first-order valence-electron chi connectivity index (χ1n) is 4.42. The van der Waals surface area contributed by atoms with Gasteiger partial charge in [-0.3, -0.25) is 9.48 Å². The molecule has 13 heavy (non-hydrogen) atoms. The number of hydrogen-bond donors (Lipinski definition) is 0. The van der Waals surface area contributed by atoms with Crippen molar-refractivity contribution in [1.82, 2.24) is 9.78 Å². The fourth-order valence-corrected chi connectivity index (χ4v) is 1.81. The number of carbonyl (C=O) groups is 1. The van der Waals surface area contributed by atoms with Gasteiger partial charge in [0.1, 0.15) is 5.69 Å². The van der Waals surface area contributed by atoms with Crippen LogP contribution in [0, 0.1) is 5.92 Å². The van der Waals surface area contributed by atoms with Gasteiger partial charge in [-0.05, 0) is 12.8 Å². The monoisotopic (exact) mass is 198 g/mol. The van der Waals surface area contributed by atoms with Crippen LogP contribution in [0.1, 0.15) is 29.8 Å². The maximum absolute atomic E-state index is 11.8. The molecule has 1 aliphatic rings. The molecule has 0 N–H and O–H groups in total. The highest BCUT2D eigenvalue weighted by atomic mass is 35.5. The zero-order valence-corrected chi connectivity index (χ0v) is 8.21. The second-order valence-corrected chi connectivity index (χ2v) is 3.86. The smallest absolute Gasteiger partial charge is 0.185 e. The van der Waals surface area contributed by atoms with Crippen molar-refractivity contribution in [1.29, 1.82) is 0 Å². The standard InChI is InChI=1S/C9H11ClN2O/c1-12-8(7(10)5-11-12)9(13)6-3-2-4-6/h5-6H,2-4H2,1H3. The van der Waals surface area contributed by atoms with Crippen LogP contribution in [0.5, 0.6) is 0 Å². The van der Waals surface area contributed by atoms with Crippen molar-refractivity contribution in [3.05, 3.63) is 16.9 Å². The lowest BCUT2D eigenvalue weighted by Gasteiger charge is -2.23. The summed E-state index contributed by atoms with van der Waals surface area (Å²) in [6.07, 6.45) is 4.68. The molecular weight excluding hydrogens is 188 g/mol. The quantitative estimate of drug-likeness (QED) is 0.682. The number of carbonyl (C=O) groups excluding carboxylic acids is 1. The van der Waals surface area contributed by atoms with Gasteiger partial charge < -0.3 is 0 Å². The van der Waals surface area contributed by atoms with Gasteiger partial charge in [-0.2, -0.15) is 5.10 Å². The number of aryl methyl sites for hydroxylation is 1. The van der Waals surface area contributed by atoms with Gasteiger partial charge in [0.15, 0.2) is 5.78 Å². The van der Waals surface area contributed by atoms with Gasteiger partial charge in [0.05, 0.1) is 11.2 Å². The molecule has 2 rings (SSSR count). The van der Waals surface area contributed by atoms with Crippen molar-refractivity contribution in [2.45, 2.75) is 19.3 Å². The Kier molecular flexibility index (Phi) is 2.12. The van der Waals surface area contributed by atoms with Gasteiger partial charge in [0.2, 0.25) is 0 Å². The Labute approximate surface area is 81.7 Å². The molecule has 0 amide bonds. The lowest BCUT2D eigenvalue weighted by atomic mass is 9.81. The molecule has 0 radical (unpaired) electrons. The topological polar surface area (TPSA) is 34.9 Å². The molecule has 0 aliphatic heterocycles. The summed E-state index contributed by atoms with van der Waals surface area (Å²) in [4.78, 5) is 11.8. The molecule has 1 fully saturated rings. The number of Topliss-reactive ketones (excluding diaryl/α,β-unsaturated/α-hetero) is 1. The van der Waals surface area contributed by atoms with E-state index in [2.05, 4.69) is 5.10 Å². The summed E-state index contributed by atoms with van der Waals surface area (Å²) < 4.78 is 1.56. The zero-order chi connectivity index (χ0) is 9.42. The number of ketones is 1. The normalized spacial score (nSPS) is 17.1. The average Bonchev–Trinajstić information content (AvgIpc) is 2.27. The minimum Gasteiger partial charge on any atom is -0.292 e. The fourth-order valence-electron chi connectivity index (χ4n) is 1.55. The molecule has 1 aromatic heterocycles. The molecule has 3 nitrogen and oxygen atoms in total. The van der Waals surface area contributed by atoms with Crippen LogP contribution in [0.15, 0.2) is 6.20 Å². The summed E-state index contributed by atoms with van der Waals surface area (Å²) in [5, 5.41) is 4.41. The summed E-state index contributed by atoms with van der Waals surface area (Å²) in [6, 6.07) is 0. The Balaban J connectivity index is 2.28. The highest BCUT2D eigenvalue weighted by molar-refractivity contribution is 6.33. The first-order valence-corrected chi connectivity index (χ1v) is 4.79. The van der Waals surface area contributed by atoms with E-state index >= 15 is 0 Å². The Morgan fingerprint density at radius 1 is 1.69 bits per heavy atom. The summed E-state index contributed by atoms with van der Waals surface area (Å²) in [5.74, 6) is 0.337. The number of hydrogen-bond acceptors (Lipinski definition) is 2. The van der Waals surface area contributed by atoms with E-state index < -0.39 is 0 Å². The summed E-state index contributed by atoms with van der Waals surface area (Å²) >= 11 is 5.86. The Morgan fingerprint density at radius 3 is 2.77 bits per heavy atom. The van der Waals surface area contributed by atoms with Crippen molar-refractivity contribution < 1.29 is 4.79 Å². The van der Waals surface area contributed by atoms with Crippen LogP contribution in [0.25, 0.3) is 0 Å². The third-order valence-corrected chi connectivity index (χ3v) is 2.88. The number of halogens is 1. The van der Waals surface area contributed by atoms with Crippen LogP contribution in [0.4, 0.5) is 0 Å². The zero-order valence-electron chi connectivity index (χ0n) is 7.46. The molecule has 0 atom stereocenters. The second kappa shape index (κ2) is 3.14. The Morgan fingerprint density at radius 2 is 2.38 bits per heavy atom. The van der Waals surface area contributed by atoms with E-state index in [1.54, 1.807) is 11.7 Å². The largest absolute Gasteiger partial charge is 0.292 e. The first-order chi connectivity index (χ1) is 6.20. The maximum atomic E-state index is 11.8. The van der Waals surface area contributed by atoms with Crippen LogP contribution >= 0.6 is 11.6 Å². The van der Waals surface area contributed by atoms with Crippen LogP contribution in [0.3, 0.4) is 0 Å². The average molecular weight is 199 g/mol. The Hall–Kier alpha value is -0.830. The molecule has 70 valence electrons. The van der Waals surface area contributed by atoms with Crippen molar-refractivity contribution in [2.75, 3.05) is 0 Å².